The molecule has 2 heterocycles. The number of carbonyl (C=O) groups excluding carboxylic acids is 2. The van der Waals surface area contributed by atoms with E-state index in [0.717, 1.165) is 59.9 Å². The van der Waals surface area contributed by atoms with Crippen LogP contribution in [0.1, 0.15) is 45.3 Å². The minimum Gasteiger partial charge on any atom is -0.495 e. The van der Waals surface area contributed by atoms with Gasteiger partial charge in [0.25, 0.3) is 5.91 Å². The number of amides is 2. The van der Waals surface area contributed by atoms with Crippen LogP contribution >= 0.6 is 11.3 Å². The van der Waals surface area contributed by atoms with E-state index >= 15 is 0 Å². The van der Waals surface area contributed by atoms with Crippen molar-refractivity contribution in [2.24, 2.45) is 0 Å². The molecule has 5 rings (SSSR count). The van der Waals surface area contributed by atoms with E-state index in [1.54, 1.807) is 7.11 Å². The van der Waals surface area contributed by atoms with Gasteiger partial charge in [-0.25, -0.2) is 4.98 Å². The second kappa shape index (κ2) is 10.1. The van der Waals surface area contributed by atoms with Crippen LogP contribution in [0, 0.1) is 6.92 Å². The predicted molar refractivity (Wildman–Crippen MR) is 139 cm³/mol. The number of fused-ring (bicyclic) bond motifs is 1. The zero-order chi connectivity index (χ0) is 24.4. The van der Waals surface area contributed by atoms with E-state index in [1.807, 2.05) is 54.3 Å². The molecule has 1 N–H and O–H groups in total. The van der Waals surface area contributed by atoms with Crippen molar-refractivity contribution >= 4 is 34.0 Å². The molecule has 0 bridgehead atoms. The van der Waals surface area contributed by atoms with Gasteiger partial charge in [-0.05, 0) is 50.5 Å². The first kappa shape index (κ1) is 23.4. The molecule has 2 aromatic carbocycles. The van der Waals surface area contributed by atoms with Gasteiger partial charge in [-0.15, -0.1) is 11.3 Å². The Bertz CT molecular complexity index is 1220. The zero-order valence-corrected chi connectivity index (χ0v) is 20.9. The average molecular weight is 491 g/mol. The molecule has 8 heteroatoms. The number of para-hydroxylation sites is 2. The lowest BCUT2D eigenvalue weighted by atomic mass is 9.89. The number of anilines is 2. The number of nitrogens with one attached hydrogen (secondary N) is 1. The molecule has 0 saturated carbocycles. The van der Waals surface area contributed by atoms with Crippen LogP contribution < -0.4 is 15.0 Å². The number of piperazine rings is 1. The number of carbonyl (C=O) groups is 2. The fourth-order valence-corrected chi connectivity index (χ4v) is 5.93. The van der Waals surface area contributed by atoms with Gasteiger partial charge in [0.15, 0.2) is 5.13 Å². The summed E-state index contributed by atoms with van der Waals surface area (Å²) >= 11 is 1.50. The van der Waals surface area contributed by atoms with Gasteiger partial charge in [0.05, 0.1) is 24.4 Å². The highest BCUT2D eigenvalue weighted by Gasteiger charge is 2.34. The smallest absolute Gasteiger partial charge is 0.257 e. The average Bonchev–Trinajstić information content (AvgIpc) is 3.31. The molecule has 0 spiro atoms. The number of methoxy groups -OCH3 is 1. The lowest BCUT2D eigenvalue weighted by Gasteiger charge is -2.38. The monoisotopic (exact) mass is 490 g/mol. The van der Waals surface area contributed by atoms with Gasteiger partial charge < -0.3 is 14.5 Å². The van der Waals surface area contributed by atoms with Crippen molar-refractivity contribution in [1.29, 1.82) is 0 Å². The second-order valence-corrected chi connectivity index (χ2v) is 10.2. The summed E-state index contributed by atoms with van der Waals surface area (Å²) < 4.78 is 5.51. The predicted octanol–water partition coefficient (Wildman–Crippen LogP) is 4.48. The third kappa shape index (κ3) is 4.89. The highest BCUT2D eigenvalue weighted by atomic mass is 32.1. The van der Waals surface area contributed by atoms with Crippen LogP contribution in [-0.2, 0) is 11.2 Å². The van der Waals surface area contributed by atoms with Gasteiger partial charge in [0.2, 0.25) is 5.91 Å². The number of aromatic nitrogens is 1. The number of benzene rings is 2. The summed E-state index contributed by atoms with van der Waals surface area (Å²) in [6.45, 7) is 4.86. The molecular weight excluding hydrogens is 460 g/mol. The summed E-state index contributed by atoms with van der Waals surface area (Å²) in [7, 11) is 1.69. The van der Waals surface area contributed by atoms with Crippen molar-refractivity contribution in [3.63, 3.8) is 0 Å². The lowest BCUT2D eigenvalue weighted by Crippen LogP contribution is -2.50. The molecule has 3 aromatic rings. The van der Waals surface area contributed by atoms with Gasteiger partial charge in [0, 0.05) is 36.6 Å². The third-order valence-corrected chi connectivity index (χ3v) is 7.85. The minimum atomic E-state index is -0.238. The van der Waals surface area contributed by atoms with Crippen LogP contribution in [0.15, 0.2) is 48.5 Å². The molecule has 7 nitrogen and oxygen atoms in total. The SMILES string of the molecule is COc1ccccc1N1CCN(C(=O)C2CCCc3sc(NC(=O)c4ccc(C)cc4)nc32)CC1. The summed E-state index contributed by atoms with van der Waals surface area (Å²) in [6.07, 6.45) is 2.66. The van der Waals surface area contributed by atoms with E-state index in [9.17, 15) is 9.59 Å². The van der Waals surface area contributed by atoms with E-state index in [2.05, 4.69) is 16.3 Å². The first-order valence-corrected chi connectivity index (χ1v) is 12.9. The Morgan fingerprint density at radius 1 is 1.06 bits per heavy atom. The van der Waals surface area contributed by atoms with Crippen molar-refractivity contribution in [2.75, 3.05) is 43.5 Å². The maximum Gasteiger partial charge on any atom is 0.257 e. The number of thiazole rings is 1. The molecule has 2 aliphatic rings. The Morgan fingerprint density at radius 2 is 1.80 bits per heavy atom. The van der Waals surface area contributed by atoms with E-state index in [-0.39, 0.29) is 17.7 Å². The van der Waals surface area contributed by atoms with Crippen LogP contribution in [0.2, 0.25) is 0 Å². The van der Waals surface area contributed by atoms with E-state index in [1.165, 1.54) is 11.3 Å². The van der Waals surface area contributed by atoms with E-state index in [4.69, 9.17) is 9.72 Å². The summed E-state index contributed by atoms with van der Waals surface area (Å²) in [6, 6.07) is 15.5. The number of aryl methyl sites for hydroxylation is 2. The number of hydrogen-bond donors (Lipinski definition) is 1. The molecule has 2 amide bonds. The van der Waals surface area contributed by atoms with Crippen LogP contribution in [0.3, 0.4) is 0 Å². The van der Waals surface area contributed by atoms with Crippen molar-refractivity contribution in [1.82, 2.24) is 9.88 Å². The summed E-state index contributed by atoms with van der Waals surface area (Å²) in [4.78, 5) is 36.3. The standard InChI is InChI=1S/C27H30N4O3S/c1-18-10-12-19(13-11-18)25(32)29-27-28-24-20(6-5-9-23(24)35-27)26(33)31-16-14-30(15-17-31)21-7-3-4-8-22(21)34-2/h3-4,7-8,10-13,20H,5-6,9,14-17H2,1-2H3,(H,28,29,32). The van der Waals surface area contributed by atoms with Crippen LogP contribution in [0.4, 0.5) is 10.8 Å². The molecule has 35 heavy (non-hydrogen) atoms. The molecule has 182 valence electrons. The fourth-order valence-electron chi connectivity index (χ4n) is 4.87. The fraction of sp³-hybridized carbons (Fsp3) is 0.370. The zero-order valence-electron chi connectivity index (χ0n) is 20.1. The van der Waals surface area contributed by atoms with Crippen LogP contribution in [0.25, 0.3) is 0 Å². The van der Waals surface area contributed by atoms with Crippen molar-refractivity contribution in [3.05, 3.63) is 70.2 Å². The Morgan fingerprint density at radius 3 is 2.54 bits per heavy atom. The van der Waals surface area contributed by atoms with E-state index < -0.39 is 0 Å². The Hall–Kier alpha value is -3.39. The molecular formula is C27H30N4O3S. The highest BCUT2D eigenvalue weighted by Crippen LogP contribution is 2.38. The molecule has 1 saturated heterocycles. The van der Waals surface area contributed by atoms with Crippen molar-refractivity contribution in [2.45, 2.75) is 32.1 Å². The summed E-state index contributed by atoms with van der Waals surface area (Å²) in [5, 5.41) is 3.50. The molecule has 1 unspecified atom stereocenters. The number of ether oxygens (including phenoxy) is 1. The molecule has 0 radical (unpaired) electrons. The quantitative estimate of drug-likeness (QED) is 0.571. The normalized spacial score (nSPS) is 17.6. The van der Waals surface area contributed by atoms with Gasteiger partial charge >= 0.3 is 0 Å². The van der Waals surface area contributed by atoms with Gasteiger partial charge in [0.1, 0.15) is 5.75 Å². The first-order chi connectivity index (χ1) is 17.0. The molecule has 1 aliphatic carbocycles. The van der Waals surface area contributed by atoms with Gasteiger partial charge in [-0.3, -0.25) is 14.9 Å². The number of hydrogen-bond acceptors (Lipinski definition) is 6. The van der Waals surface area contributed by atoms with Crippen molar-refractivity contribution in [3.8, 4) is 5.75 Å². The maximum absolute atomic E-state index is 13.5. The Kier molecular flexibility index (Phi) is 6.72. The van der Waals surface area contributed by atoms with Gasteiger partial charge in [-0.1, -0.05) is 29.8 Å². The minimum absolute atomic E-state index is 0.146. The lowest BCUT2D eigenvalue weighted by molar-refractivity contribution is -0.133. The number of rotatable bonds is 5. The maximum atomic E-state index is 13.5. The Balaban J connectivity index is 1.25. The van der Waals surface area contributed by atoms with Gasteiger partial charge in [-0.2, -0.15) is 0 Å². The first-order valence-electron chi connectivity index (χ1n) is 12.1. The second-order valence-electron chi connectivity index (χ2n) is 9.08. The molecule has 1 atom stereocenters. The van der Waals surface area contributed by atoms with E-state index in [0.29, 0.717) is 23.8 Å². The molecule has 1 aromatic heterocycles. The summed E-state index contributed by atoms with van der Waals surface area (Å²) in [5.74, 6) is 0.587. The van der Waals surface area contributed by atoms with Crippen molar-refractivity contribution < 1.29 is 14.3 Å². The van der Waals surface area contributed by atoms with Crippen LogP contribution in [0.5, 0.6) is 5.75 Å². The van der Waals surface area contributed by atoms with Crippen LogP contribution in [-0.4, -0.2) is 55.0 Å². The largest absolute Gasteiger partial charge is 0.495 e. The molecule has 1 aliphatic heterocycles. The number of nitrogens with zero attached hydrogens (tertiary/aromatic N) is 3. The molecule has 1 fully saturated rings. The third-order valence-electron chi connectivity index (χ3n) is 6.80. The topological polar surface area (TPSA) is 74.8 Å². The Labute approximate surface area is 209 Å². The highest BCUT2D eigenvalue weighted by molar-refractivity contribution is 7.16. The summed E-state index contributed by atoms with van der Waals surface area (Å²) in [5.41, 5.74) is 3.62.